The summed E-state index contributed by atoms with van der Waals surface area (Å²) in [6.07, 6.45) is -3.24. The van der Waals surface area contributed by atoms with Gasteiger partial charge >= 0.3 is 6.18 Å². The molecule has 0 aliphatic rings. The first-order valence-corrected chi connectivity index (χ1v) is 9.75. The molecule has 2 aromatic carbocycles. The third kappa shape index (κ3) is 5.59. The van der Waals surface area contributed by atoms with Crippen molar-refractivity contribution in [1.29, 1.82) is 0 Å². The van der Waals surface area contributed by atoms with E-state index in [0.717, 1.165) is 17.2 Å². The standard InChI is InChI=1S/C19H21F3O2S/c1-14(2)25(23,24)13-17-10-7-15(8-11-17)6-9-16-4-3-5-18(12-16)19(20,21)22/h3-5,7-8,10-12,14H,6,9,13H2,1-2H3. The fourth-order valence-electron chi connectivity index (χ4n) is 2.39. The second kappa shape index (κ2) is 7.60. The normalized spacial score (nSPS) is 12.6. The molecule has 2 nitrogen and oxygen atoms in total. The van der Waals surface area contributed by atoms with Gasteiger partial charge in [0.05, 0.1) is 16.6 Å². The molecule has 0 unspecified atom stereocenters. The van der Waals surface area contributed by atoms with Crippen molar-refractivity contribution in [2.45, 2.75) is 43.9 Å². The van der Waals surface area contributed by atoms with E-state index in [9.17, 15) is 21.6 Å². The maximum Gasteiger partial charge on any atom is 0.416 e. The van der Waals surface area contributed by atoms with Crippen LogP contribution in [0.1, 0.15) is 36.1 Å². The van der Waals surface area contributed by atoms with Crippen LogP contribution in [0.4, 0.5) is 13.2 Å². The van der Waals surface area contributed by atoms with Crippen molar-refractivity contribution < 1.29 is 21.6 Å². The molecule has 136 valence electrons. The topological polar surface area (TPSA) is 34.1 Å². The van der Waals surface area contributed by atoms with Crippen LogP contribution < -0.4 is 0 Å². The van der Waals surface area contributed by atoms with Gasteiger partial charge in [0.25, 0.3) is 0 Å². The Morgan fingerprint density at radius 3 is 2.00 bits per heavy atom. The Labute approximate surface area is 146 Å². The van der Waals surface area contributed by atoms with Crippen LogP contribution in [0.3, 0.4) is 0 Å². The van der Waals surface area contributed by atoms with Gasteiger partial charge in [0.15, 0.2) is 9.84 Å². The lowest BCUT2D eigenvalue weighted by molar-refractivity contribution is -0.137. The van der Waals surface area contributed by atoms with E-state index in [1.165, 1.54) is 12.1 Å². The van der Waals surface area contributed by atoms with Gasteiger partial charge in [0.1, 0.15) is 0 Å². The molecule has 0 aromatic heterocycles. The highest BCUT2D eigenvalue weighted by atomic mass is 32.2. The minimum absolute atomic E-state index is 0.00141. The lowest BCUT2D eigenvalue weighted by Gasteiger charge is -2.10. The quantitative estimate of drug-likeness (QED) is 0.731. The highest BCUT2D eigenvalue weighted by molar-refractivity contribution is 7.91. The van der Waals surface area contributed by atoms with E-state index >= 15 is 0 Å². The highest BCUT2D eigenvalue weighted by Crippen LogP contribution is 2.29. The van der Waals surface area contributed by atoms with Gasteiger partial charge in [-0.1, -0.05) is 42.5 Å². The molecule has 2 aromatic rings. The molecule has 0 amide bonds. The molecule has 6 heteroatoms. The predicted octanol–water partition coefficient (Wildman–Crippen LogP) is 4.81. The van der Waals surface area contributed by atoms with E-state index in [0.29, 0.717) is 18.4 Å². The number of alkyl halides is 3. The number of aryl methyl sites for hydroxylation is 2. The van der Waals surface area contributed by atoms with Crippen LogP contribution in [-0.4, -0.2) is 13.7 Å². The second-order valence-corrected chi connectivity index (χ2v) is 8.93. The zero-order valence-corrected chi connectivity index (χ0v) is 15.0. The Morgan fingerprint density at radius 2 is 1.44 bits per heavy atom. The molecule has 25 heavy (non-hydrogen) atoms. The third-order valence-corrected chi connectivity index (χ3v) is 6.24. The maximum absolute atomic E-state index is 12.7. The van der Waals surface area contributed by atoms with Crippen molar-refractivity contribution in [2.75, 3.05) is 0 Å². The second-order valence-electron chi connectivity index (χ2n) is 6.37. The van der Waals surface area contributed by atoms with E-state index in [1.54, 1.807) is 32.0 Å². The smallest absolute Gasteiger partial charge is 0.228 e. The molecule has 2 rings (SSSR count). The van der Waals surface area contributed by atoms with Crippen LogP contribution in [0.25, 0.3) is 0 Å². The van der Waals surface area contributed by atoms with Crippen molar-refractivity contribution in [2.24, 2.45) is 0 Å². The van der Waals surface area contributed by atoms with Crippen molar-refractivity contribution >= 4 is 9.84 Å². The molecule has 0 fully saturated rings. The van der Waals surface area contributed by atoms with Gasteiger partial charge in [0.2, 0.25) is 0 Å². The molecule has 0 aliphatic heterocycles. The Kier molecular flexibility index (Phi) is 5.93. The van der Waals surface area contributed by atoms with Gasteiger partial charge in [-0.05, 0) is 49.4 Å². The highest BCUT2D eigenvalue weighted by Gasteiger charge is 2.30. The summed E-state index contributed by atoms with van der Waals surface area (Å²) in [7, 11) is -3.14. The summed E-state index contributed by atoms with van der Waals surface area (Å²) in [5.74, 6) is -0.00141. The Hall–Kier alpha value is -1.82. The Morgan fingerprint density at radius 1 is 0.880 bits per heavy atom. The van der Waals surface area contributed by atoms with Crippen molar-refractivity contribution in [3.63, 3.8) is 0 Å². The van der Waals surface area contributed by atoms with Crippen molar-refractivity contribution in [3.8, 4) is 0 Å². The number of rotatable bonds is 6. The van der Waals surface area contributed by atoms with Crippen molar-refractivity contribution in [3.05, 3.63) is 70.8 Å². The summed E-state index contributed by atoms with van der Waals surface area (Å²) < 4.78 is 62.0. The Bertz CT molecular complexity index is 807. The summed E-state index contributed by atoms with van der Waals surface area (Å²) in [6.45, 7) is 3.30. The van der Waals surface area contributed by atoms with E-state index in [4.69, 9.17) is 0 Å². The van der Waals surface area contributed by atoms with E-state index in [-0.39, 0.29) is 5.75 Å². The molecule has 0 bridgehead atoms. The molecule has 0 atom stereocenters. The summed E-state index contributed by atoms with van der Waals surface area (Å²) in [4.78, 5) is 0. The minimum Gasteiger partial charge on any atom is -0.228 e. The average molecular weight is 370 g/mol. The molecule has 0 aliphatic carbocycles. The molecule has 0 N–H and O–H groups in total. The lowest BCUT2D eigenvalue weighted by atomic mass is 10.0. The lowest BCUT2D eigenvalue weighted by Crippen LogP contribution is -2.15. The third-order valence-electron chi connectivity index (χ3n) is 4.07. The summed E-state index contributed by atoms with van der Waals surface area (Å²) in [5.41, 5.74) is 1.67. The van der Waals surface area contributed by atoms with Crippen LogP contribution in [-0.2, 0) is 34.6 Å². The molecule has 0 spiro atoms. The van der Waals surface area contributed by atoms with E-state index in [1.807, 2.05) is 12.1 Å². The van der Waals surface area contributed by atoms with Crippen LogP contribution in [0, 0.1) is 0 Å². The zero-order valence-electron chi connectivity index (χ0n) is 14.2. The summed E-state index contributed by atoms with van der Waals surface area (Å²) in [5, 5.41) is -0.423. The van der Waals surface area contributed by atoms with E-state index < -0.39 is 26.8 Å². The van der Waals surface area contributed by atoms with Crippen LogP contribution in [0.2, 0.25) is 0 Å². The van der Waals surface area contributed by atoms with Crippen LogP contribution in [0.5, 0.6) is 0 Å². The zero-order chi connectivity index (χ0) is 18.7. The van der Waals surface area contributed by atoms with Gasteiger partial charge in [0, 0.05) is 0 Å². The molecule has 0 radical (unpaired) electrons. The SMILES string of the molecule is CC(C)S(=O)(=O)Cc1ccc(CCc2cccc(C(F)(F)F)c2)cc1. The number of halogens is 3. The maximum atomic E-state index is 12.7. The van der Waals surface area contributed by atoms with E-state index in [2.05, 4.69) is 0 Å². The molecule has 0 heterocycles. The molecule has 0 saturated heterocycles. The van der Waals surface area contributed by atoms with Gasteiger partial charge < -0.3 is 0 Å². The van der Waals surface area contributed by atoms with Gasteiger partial charge in [-0.2, -0.15) is 13.2 Å². The Balaban J connectivity index is 2.01. The van der Waals surface area contributed by atoms with Crippen molar-refractivity contribution in [1.82, 2.24) is 0 Å². The number of hydrogen-bond acceptors (Lipinski definition) is 2. The first kappa shape index (κ1) is 19.5. The first-order chi connectivity index (χ1) is 11.6. The molecular weight excluding hydrogens is 349 g/mol. The first-order valence-electron chi connectivity index (χ1n) is 8.03. The molecule has 0 saturated carbocycles. The largest absolute Gasteiger partial charge is 0.416 e. The monoisotopic (exact) mass is 370 g/mol. The van der Waals surface area contributed by atoms with Gasteiger partial charge in [-0.15, -0.1) is 0 Å². The fourth-order valence-corrected chi connectivity index (χ4v) is 3.38. The molecular formula is C19H21F3O2S. The summed E-state index contributed by atoms with van der Waals surface area (Å²) >= 11 is 0. The predicted molar refractivity (Wildman–Crippen MR) is 93.1 cm³/mol. The number of benzene rings is 2. The number of hydrogen-bond donors (Lipinski definition) is 0. The van der Waals surface area contributed by atoms with Crippen LogP contribution in [0.15, 0.2) is 48.5 Å². The van der Waals surface area contributed by atoms with Gasteiger partial charge in [-0.3, -0.25) is 0 Å². The van der Waals surface area contributed by atoms with Crippen LogP contribution >= 0.6 is 0 Å². The minimum atomic E-state index is -4.33. The number of sulfone groups is 1. The summed E-state index contributed by atoms with van der Waals surface area (Å²) in [6, 6.07) is 12.5. The average Bonchev–Trinajstić information content (AvgIpc) is 2.53. The van der Waals surface area contributed by atoms with Gasteiger partial charge in [-0.25, -0.2) is 8.42 Å². The fraction of sp³-hybridized carbons (Fsp3) is 0.368.